The van der Waals surface area contributed by atoms with E-state index in [4.69, 9.17) is 27.9 Å². The fourth-order valence-electron chi connectivity index (χ4n) is 3.75. The molecule has 0 saturated carbocycles. The molecule has 0 atom stereocenters. The summed E-state index contributed by atoms with van der Waals surface area (Å²) in [6, 6.07) is 11.9. The van der Waals surface area contributed by atoms with Crippen LogP contribution in [0.2, 0.25) is 10.0 Å². The number of anilines is 1. The van der Waals surface area contributed by atoms with E-state index < -0.39 is 11.8 Å². The summed E-state index contributed by atoms with van der Waals surface area (Å²) in [5.74, 6) is -0.258. The Balaban J connectivity index is 1.68. The van der Waals surface area contributed by atoms with Gasteiger partial charge in [0.2, 0.25) is 0 Å². The van der Waals surface area contributed by atoms with Gasteiger partial charge in [-0.25, -0.2) is 14.6 Å². The molecule has 0 fully saturated rings. The number of halogens is 2. The van der Waals surface area contributed by atoms with Gasteiger partial charge < -0.3 is 4.74 Å². The molecule has 2 aromatic heterocycles. The van der Waals surface area contributed by atoms with Crippen LogP contribution in [0, 0.1) is 6.92 Å². The molecule has 31 heavy (non-hydrogen) atoms. The van der Waals surface area contributed by atoms with Crippen LogP contribution in [-0.2, 0) is 0 Å². The summed E-state index contributed by atoms with van der Waals surface area (Å²) in [6.45, 7) is 1.78. The molecule has 7 nitrogen and oxygen atoms in total. The summed E-state index contributed by atoms with van der Waals surface area (Å²) in [5, 5.41) is 5.71. The second kappa shape index (κ2) is 7.08. The highest BCUT2D eigenvalue weighted by Gasteiger charge is 2.40. The van der Waals surface area contributed by atoms with Crippen LogP contribution in [0.3, 0.4) is 0 Å². The van der Waals surface area contributed by atoms with E-state index in [9.17, 15) is 9.59 Å². The van der Waals surface area contributed by atoms with Crippen molar-refractivity contribution in [2.75, 3.05) is 12.0 Å². The van der Waals surface area contributed by atoms with Crippen molar-refractivity contribution in [2.24, 2.45) is 0 Å². The molecule has 154 valence electrons. The lowest BCUT2D eigenvalue weighted by atomic mass is 10.1. The quantitative estimate of drug-likeness (QED) is 0.415. The normalized spacial score (nSPS) is 13.2. The van der Waals surface area contributed by atoms with Crippen LogP contribution in [0.1, 0.15) is 26.4 Å². The number of rotatable bonds is 3. The van der Waals surface area contributed by atoms with Crippen LogP contribution in [0.25, 0.3) is 16.7 Å². The fraction of sp³-hybridized carbons (Fsp3) is 0.0909. The van der Waals surface area contributed by atoms with Gasteiger partial charge in [0.25, 0.3) is 11.8 Å². The average molecular weight is 453 g/mol. The third-order valence-electron chi connectivity index (χ3n) is 5.19. The number of benzene rings is 2. The number of carbonyl (C=O) groups excluding carboxylic acids is 2. The van der Waals surface area contributed by atoms with Crippen molar-refractivity contribution >= 4 is 51.7 Å². The van der Waals surface area contributed by atoms with Gasteiger partial charge in [0.1, 0.15) is 5.75 Å². The first-order chi connectivity index (χ1) is 14.9. The van der Waals surface area contributed by atoms with Crippen molar-refractivity contribution in [3.63, 3.8) is 0 Å². The van der Waals surface area contributed by atoms with E-state index in [0.717, 1.165) is 10.6 Å². The number of ether oxygens (including phenoxy) is 1. The van der Waals surface area contributed by atoms with Gasteiger partial charge in [-0.3, -0.25) is 9.59 Å². The average Bonchev–Trinajstić information content (AvgIpc) is 3.23. The number of methoxy groups -OCH3 is 1. The minimum atomic E-state index is -0.491. The van der Waals surface area contributed by atoms with E-state index in [0.29, 0.717) is 27.5 Å². The summed E-state index contributed by atoms with van der Waals surface area (Å²) in [7, 11) is 1.59. The number of pyridine rings is 1. The molecule has 4 aromatic rings. The molecule has 0 saturated heterocycles. The van der Waals surface area contributed by atoms with Gasteiger partial charge in [-0.15, -0.1) is 0 Å². The van der Waals surface area contributed by atoms with Crippen LogP contribution < -0.4 is 9.64 Å². The first-order valence-corrected chi connectivity index (χ1v) is 10.0. The molecule has 0 N–H and O–H groups in total. The fourth-order valence-corrected chi connectivity index (χ4v) is 4.24. The van der Waals surface area contributed by atoms with Gasteiger partial charge in [0.05, 0.1) is 45.7 Å². The Kier molecular flexibility index (Phi) is 4.46. The Hall–Kier alpha value is -3.42. The number of imide groups is 1. The molecule has 0 radical (unpaired) electrons. The van der Waals surface area contributed by atoms with Gasteiger partial charge in [-0.2, -0.15) is 5.10 Å². The van der Waals surface area contributed by atoms with Gasteiger partial charge in [0, 0.05) is 11.2 Å². The van der Waals surface area contributed by atoms with E-state index in [1.165, 1.54) is 12.3 Å². The number of nitrogens with zero attached hydrogens (tertiary/aromatic N) is 4. The molecule has 0 bridgehead atoms. The summed E-state index contributed by atoms with van der Waals surface area (Å²) in [5.41, 5.74) is 2.55. The maximum atomic E-state index is 13.4. The van der Waals surface area contributed by atoms with Gasteiger partial charge in [-0.05, 0) is 49.4 Å². The van der Waals surface area contributed by atoms with Gasteiger partial charge in [-0.1, -0.05) is 23.2 Å². The van der Waals surface area contributed by atoms with Crippen molar-refractivity contribution < 1.29 is 14.3 Å². The standard InChI is InChI=1S/C22H14Cl2N4O3/c1-11-18-19-15(21(29)27(22(19)30)17-8-3-12(23)9-16(17)24)10-25-20(18)28(26-11)13-4-6-14(31-2)7-5-13/h3-10H,1-2H3. The second-order valence-corrected chi connectivity index (χ2v) is 7.83. The maximum Gasteiger partial charge on any atom is 0.267 e. The minimum Gasteiger partial charge on any atom is -0.497 e. The zero-order chi connectivity index (χ0) is 21.9. The summed E-state index contributed by atoms with van der Waals surface area (Å²) >= 11 is 12.2. The van der Waals surface area contributed by atoms with Crippen LogP contribution in [0.4, 0.5) is 5.69 Å². The summed E-state index contributed by atoms with van der Waals surface area (Å²) < 4.78 is 6.84. The Morgan fingerprint density at radius 1 is 1.00 bits per heavy atom. The summed E-state index contributed by atoms with van der Waals surface area (Å²) in [6.07, 6.45) is 1.41. The third kappa shape index (κ3) is 2.89. The first kappa shape index (κ1) is 19.5. The molecular weight excluding hydrogens is 439 g/mol. The number of aromatic nitrogens is 3. The van der Waals surface area contributed by atoms with E-state index in [-0.39, 0.29) is 21.8 Å². The highest BCUT2D eigenvalue weighted by molar-refractivity contribution is 6.42. The van der Waals surface area contributed by atoms with Crippen molar-refractivity contribution in [1.82, 2.24) is 14.8 Å². The van der Waals surface area contributed by atoms with Crippen LogP contribution in [0.15, 0.2) is 48.7 Å². The number of amides is 2. The Bertz CT molecular complexity index is 1400. The van der Waals surface area contributed by atoms with E-state index in [1.54, 1.807) is 30.8 Å². The lowest BCUT2D eigenvalue weighted by Crippen LogP contribution is -2.29. The molecule has 1 aliphatic heterocycles. The van der Waals surface area contributed by atoms with Crippen molar-refractivity contribution in [3.05, 3.63) is 75.5 Å². The number of hydrogen-bond donors (Lipinski definition) is 0. The van der Waals surface area contributed by atoms with E-state index in [2.05, 4.69) is 10.1 Å². The molecule has 5 rings (SSSR count). The Morgan fingerprint density at radius 2 is 1.74 bits per heavy atom. The molecule has 3 heterocycles. The highest BCUT2D eigenvalue weighted by atomic mass is 35.5. The predicted molar refractivity (Wildman–Crippen MR) is 118 cm³/mol. The SMILES string of the molecule is COc1ccc(-n2nc(C)c3c4c(cnc32)C(=O)N(c2ccc(Cl)cc2Cl)C4=O)cc1. The van der Waals surface area contributed by atoms with Crippen LogP contribution in [0.5, 0.6) is 5.75 Å². The lowest BCUT2D eigenvalue weighted by molar-refractivity contribution is 0.0926. The van der Waals surface area contributed by atoms with Gasteiger partial charge >= 0.3 is 0 Å². The summed E-state index contributed by atoms with van der Waals surface area (Å²) in [4.78, 5) is 32.0. The highest BCUT2D eigenvalue weighted by Crippen LogP contribution is 2.38. The molecule has 2 amide bonds. The molecule has 1 aliphatic rings. The number of hydrogen-bond acceptors (Lipinski definition) is 5. The molecule has 9 heteroatoms. The smallest absolute Gasteiger partial charge is 0.267 e. The number of carbonyl (C=O) groups is 2. The predicted octanol–water partition coefficient (Wildman–Crippen LogP) is 4.84. The third-order valence-corrected chi connectivity index (χ3v) is 5.73. The number of fused-ring (bicyclic) bond motifs is 3. The van der Waals surface area contributed by atoms with Gasteiger partial charge in [0.15, 0.2) is 5.65 Å². The molecule has 0 spiro atoms. The second-order valence-electron chi connectivity index (χ2n) is 6.98. The van der Waals surface area contributed by atoms with Crippen LogP contribution in [-0.4, -0.2) is 33.7 Å². The Morgan fingerprint density at radius 3 is 2.42 bits per heavy atom. The van der Waals surface area contributed by atoms with Crippen molar-refractivity contribution in [1.29, 1.82) is 0 Å². The van der Waals surface area contributed by atoms with Crippen molar-refractivity contribution in [3.8, 4) is 11.4 Å². The zero-order valence-electron chi connectivity index (χ0n) is 16.4. The van der Waals surface area contributed by atoms with E-state index in [1.807, 2.05) is 24.3 Å². The molecule has 2 aromatic carbocycles. The molecule has 0 aliphatic carbocycles. The minimum absolute atomic E-state index is 0.205. The number of aryl methyl sites for hydroxylation is 1. The van der Waals surface area contributed by atoms with Crippen LogP contribution >= 0.6 is 23.2 Å². The zero-order valence-corrected chi connectivity index (χ0v) is 17.9. The molecule has 0 unspecified atom stereocenters. The Labute approximate surface area is 186 Å². The molecular formula is C22H14Cl2N4O3. The maximum absolute atomic E-state index is 13.4. The largest absolute Gasteiger partial charge is 0.497 e. The van der Waals surface area contributed by atoms with Crippen molar-refractivity contribution in [2.45, 2.75) is 6.92 Å². The van der Waals surface area contributed by atoms with E-state index >= 15 is 0 Å². The topological polar surface area (TPSA) is 77.3 Å². The first-order valence-electron chi connectivity index (χ1n) is 9.27. The monoisotopic (exact) mass is 452 g/mol. The lowest BCUT2D eigenvalue weighted by Gasteiger charge is -2.15.